The molecular weight excluding hydrogens is 326 g/mol. The molecule has 1 fully saturated rings. The Morgan fingerprint density at radius 1 is 1.04 bits per heavy atom. The summed E-state index contributed by atoms with van der Waals surface area (Å²) in [6.45, 7) is 3.32. The van der Waals surface area contributed by atoms with Crippen LogP contribution in [0.5, 0.6) is 0 Å². The highest BCUT2D eigenvalue weighted by molar-refractivity contribution is 7.88. The summed E-state index contributed by atoms with van der Waals surface area (Å²) in [6.07, 6.45) is 1.72. The number of morpholine rings is 1. The van der Waals surface area contributed by atoms with Crippen molar-refractivity contribution in [1.29, 1.82) is 0 Å². The van der Waals surface area contributed by atoms with Gasteiger partial charge in [0, 0.05) is 25.8 Å². The van der Waals surface area contributed by atoms with E-state index in [9.17, 15) is 8.42 Å². The van der Waals surface area contributed by atoms with Crippen LogP contribution in [0.4, 0.5) is 5.82 Å². The Bertz CT molecular complexity index is 742. The van der Waals surface area contributed by atoms with Crippen molar-refractivity contribution in [2.24, 2.45) is 0 Å². The predicted molar refractivity (Wildman–Crippen MR) is 93.2 cm³/mol. The van der Waals surface area contributed by atoms with Gasteiger partial charge in [-0.15, -0.1) is 0 Å². The van der Waals surface area contributed by atoms with Crippen LogP contribution >= 0.6 is 0 Å². The summed E-state index contributed by atoms with van der Waals surface area (Å²) in [6, 6.07) is 13.0. The number of anilines is 1. The van der Waals surface area contributed by atoms with Gasteiger partial charge in [-0.1, -0.05) is 36.4 Å². The molecule has 0 atom stereocenters. The van der Waals surface area contributed by atoms with Crippen molar-refractivity contribution in [3.05, 3.63) is 59.8 Å². The van der Waals surface area contributed by atoms with E-state index in [1.54, 1.807) is 18.3 Å². The molecule has 0 aliphatic carbocycles. The summed E-state index contributed by atoms with van der Waals surface area (Å²) in [5.74, 6) is 0.877. The van der Waals surface area contributed by atoms with Crippen LogP contribution in [0.15, 0.2) is 48.7 Å². The second-order valence-electron chi connectivity index (χ2n) is 5.69. The number of pyridine rings is 1. The van der Waals surface area contributed by atoms with Gasteiger partial charge in [-0.3, -0.25) is 0 Å². The highest BCUT2D eigenvalue weighted by atomic mass is 32.2. The topological polar surface area (TPSA) is 71.5 Å². The minimum Gasteiger partial charge on any atom is -0.378 e. The molecule has 2 aromatic rings. The fraction of sp³-hybridized carbons (Fsp3) is 0.353. The fourth-order valence-electron chi connectivity index (χ4n) is 2.54. The first-order valence-electron chi connectivity index (χ1n) is 7.91. The summed E-state index contributed by atoms with van der Waals surface area (Å²) < 4.78 is 32.2. The molecule has 1 aromatic heterocycles. The number of nitrogens with zero attached hydrogens (tertiary/aromatic N) is 2. The van der Waals surface area contributed by atoms with Crippen molar-refractivity contribution in [3.63, 3.8) is 0 Å². The van der Waals surface area contributed by atoms with Gasteiger partial charge in [-0.05, 0) is 17.2 Å². The molecule has 0 saturated carbocycles. The Kier molecular flexibility index (Phi) is 5.44. The Balaban J connectivity index is 1.56. The van der Waals surface area contributed by atoms with Gasteiger partial charge in [0.25, 0.3) is 0 Å². The van der Waals surface area contributed by atoms with E-state index in [-0.39, 0.29) is 12.3 Å². The van der Waals surface area contributed by atoms with Crippen LogP contribution in [0, 0.1) is 0 Å². The van der Waals surface area contributed by atoms with Crippen LogP contribution in [0.3, 0.4) is 0 Å². The van der Waals surface area contributed by atoms with E-state index in [1.807, 2.05) is 30.3 Å². The number of rotatable bonds is 6. The third-order valence-corrected chi connectivity index (χ3v) is 5.14. The van der Waals surface area contributed by atoms with Gasteiger partial charge in [0.1, 0.15) is 5.82 Å². The van der Waals surface area contributed by atoms with Crippen LogP contribution in [0.25, 0.3) is 0 Å². The lowest BCUT2D eigenvalue weighted by Crippen LogP contribution is -2.36. The maximum absolute atomic E-state index is 12.1. The predicted octanol–water partition coefficient (Wildman–Crippen LogP) is 1.54. The van der Waals surface area contributed by atoms with Crippen LogP contribution in [-0.2, 0) is 27.1 Å². The number of aromatic nitrogens is 1. The lowest BCUT2D eigenvalue weighted by Gasteiger charge is -2.27. The summed E-state index contributed by atoms with van der Waals surface area (Å²) >= 11 is 0. The molecule has 7 heteroatoms. The fourth-order valence-corrected chi connectivity index (χ4v) is 3.66. The number of benzene rings is 1. The van der Waals surface area contributed by atoms with Gasteiger partial charge in [0.15, 0.2) is 0 Å². The van der Waals surface area contributed by atoms with Crippen LogP contribution < -0.4 is 9.62 Å². The largest absolute Gasteiger partial charge is 0.378 e. The summed E-state index contributed by atoms with van der Waals surface area (Å²) in [7, 11) is -3.37. The quantitative estimate of drug-likeness (QED) is 0.858. The number of hydrogen-bond donors (Lipinski definition) is 1. The molecule has 1 saturated heterocycles. The van der Waals surface area contributed by atoms with E-state index in [0.29, 0.717) is 13.2 Å². The first-order valence-corrected chi connectivity index (χ1v) is 9.56. The molecular formula is C17H21N3O3S. The van der Waals surface area contributed by atoms with Gasteiger partial charge in [0.2, 0.25) is 10.0 Å². The monoisotopic (exact) mass is 347 g/mol. The third kappa shape index (κ3) is 4.77. The summed E-state index contributed by atoms with van der Waals surface area (Å²) in [5.41, 5.74) is 1.61. The normalized spacial score (nSPS) is 15.4. The molecule has 3 rings (SSSR count). The SMILES string of the molecule is O=S(=O)(Cc1ccccc1)NCc1ccc(N2CCOCC2)nc1. The number of hydrogen-bond acceptors (Lipinski definition) is 5. The van der Waals surface area contributed by atoms with E-state index in [4.69, 9.17) is 4.74 Å². The smallest absolute Gasteiger partial charge is 0.216 e. The highest BCUT2D eigenvalue weighted by Gasteiger charge is 2.13. The molecule has 0 amide bonds. The van der Waals surface area contributed by atoms with Crippen molar-refractivity contribution >= 4 is 15.8 Å². The highest BCUT2D eigenvalue weighted by Crippen LogP contribution is 2.13. The summed E-state index contributed by atoms with van der Waals surface area (Å²) in [5, 5.41) is 0. The van der Waals surface area contributed by atoms with Gasteiger partial charge >= 0.3 is 0 Å². The van der Waals surface area contributed by atoms with E-state index < -0.39 is 10.0 Å². The molecule has 0 radical (unpaired) electrons. The van der Waals surface area contributed by atoms with Crippen LogP contribution in [-0.4, -0.2) is 39.7 Å². The molecule has 24 heavy (non-hydrogen) atoms. The lowest BCUT2D eigenvalue weighted by atomic mass is 10.2. The Labute approximate surface area is 142 Å². The first-order chi connectivity index (χ1) is 11.6. The molecule has 1 aliphatic heterocycles. The van der Waals surface area contributed by atoms with Crippen LogP contribution in [0.1, 0.15) is 11.1 Å². The van der Waals surface area contributed by atoms with Gasteiger partial charge in [-0.25, -0.2) is 18.1 Å². The third-order valence-electron chi connectivity index (χ3n) is 3.84. The Hall–Kier alpha value is -1.96. The average molecular weight is 347 g/mol. The van der Waals surface area contributed by atoms with Crippen molar-refractivity contribution in [2.75, 3.05) is 31.2 Å². The standard InChI is InChI=1S/C17H21N3O3S/c21-24(22,14-15-4-2-1-3-5-15)19-13-16-6-7-17(18-12-16)20-8-10-23-11-9-20/h1-7,12,19H,8-11,13-14H2. The first kappa shape index (κ1) is 16.9. The molecule has 1 N–H and O–H groups in total. The van der Waals surface area contributed by atoms with Crippen LogP contribution in [0.2, 0.25) is 0 Å². The minimum atomic E-state index is -3.37. The van der Waals surface area contributed by atoms with Crippen molar-refractivity contribution < 1.29 is 13.2 Å². The molecule has 128 valence electrons. The molecule has 1 aromatic carbocycles. The maximum atomic E-state index is 12.1. The van der Waals surface area contributed by atoms with Gasteiger partial charge in [0.05, 0.1) is 19.0 Å². The summed E-state index contributed by atoms with van der Waals surface area (Å²) in [4.78, 5) is 6.58. The van der Waals surface area contributed by atoms with E-state index in [0.717, 1.165) is 30.0 Å². The van der Waals surface area contributed by atoms with E-state index >= 15 is 0 Å². The molecule has 0 spiro atoms. The average Bonchev–Trinajstić information content (AvgIpc) is 2.62. The van der Waals surface area contributed by atoms with Crippen molar-refractivity contribution in [1.82, 2.24) is 9.71 Å². The minimum absolute atomic E-state index is 0.0207. The number of nitrogens with one attached hydrogen (secondary N) is 1. The molecule has 2 heterocycles. The Morgan fingerprint density at radius 3 is 2.46 bits per heavy atom. The molecule has 1 aliphatic rings. The number of sulfonamides is 1. The molecule has 0 unspecified atom stereocenters. The molecule has 6 nitrogen and oxygen atoms in total. The van der Waals surface area contributed by atoms with Gasteiger partial charge < -0.3 is 9.64 Å². The van der Waals surface area contributed by atoms with Crippen molar-refractivity contribution in [2.45, 2.75) is 12.3 Å². The zero-order valence-electron chi connectivity index (χ0n) is 13.4. The van der Waals surface area contributed by atoms with Crippen molar-refractivity contribution in [3.8, 4) is 0 Å². The second-order valence-corrected chi connectivity index (χ2v) is 7.50. The lowest BCUT2D eigenvalue weighted by molar-refractivity contribution is 0.122. The zero-order valence-corrected chi connectivity index (χ0v) is 14.2. The van der Waals surface area contributed by atoms with E-state index in [1.165, 1.54) is 0 Å². The Morgan fingerprint density at radius 2 is 1.79 bits per heavy atom. The second kappa shape index (κ2) is 7.74. The van der Waals surface area contributed by atoms with Gasteiger partial charge in [-0.2, -0.15) is 0 Å². The molecule has 0 bridgehead atoms. The number of ether oxygens (including phenoxy) is 1. The zero-order chi connectivity index (χ0) is 16.8. The maximum Gasteiger partial charge on any atom is 0.216 e. The van der Waals surface area contributed by atoms with E-state index in [2.05, 4.69) is 14.6 Å².